The number of rotatable bonds is 6. The molecule has 4 heteroatoms. The Morgan fingerprint density at radius 1 is 1.12 bits per heavy atom. The van der Waals surface area contributed by atoms with Gasteiger partial charge in [0.1, 0.15) is 0 Å². The van der Waals surface area contributed by atoms with Gasteiger partial charge in [0.05, 0.1) is 13.7 Å². The van der Waals surface area contributed by atoms with Crippen LogP contribution in [0.15, 0.2) is 16.6 Å². The molecule has 4 aliphatic carbocycles. The number of hydrogen-bond acceptors (Lipinski definition) is 3. The highest BCUT2D eigenvalue weighted by Crippen LogP contribution is 2.66. The van der Waals surface area contributed by atoms with Crippen LogP contribution in [0.1, 0.15) is 64.9 Å². The molecule has 4 bridgehead atoms. The molecule has 4 aliphatic rings. The van der Waals surface area contributed by atoms with E-state index in [9.17, 15) is 0 Å². The van der Waals surface area contributed by atoms with Crippen molar-refractivity contribution in [1.82, 2.24) is 5.32 Å². The lowest BCUT2D eigenvalue weighted by molar-refractivity contribution is -0.118. The lowest BCUT2D eigenvalue weighted by atomic mass is 9.43. The normalized spacial score (nSPS) is 37.8. The molecule has 1 aromatic carbocycles. The van der Waals surface area contributed by atoms with Gasteiger partial charge in [0, 0.05) is 22.1 Å². The number of ether oxygens (including phenoxy) is 2. The highest BCUT2D eigenvalue weighted by Gasteiger charge is 2.59. The molecular formula is C22H32BrNO2. The second-order valence-electron chi connectivity index (χ2n) is 9.75. The summed E-state index contributed by atoms with van der Waals surface area (Å²) in [6.07, 6.45) is 8.24. The molecule has 2 atom stereocenters. The molecule has 1 aromatic rings. The average Bonchev–Trinajstić information content (AvgIpc) is 2.51. The second-order valence-corrected chi connectivity index (χ2v) is 10.6. The number of hydrogen-bond donors (Lipinski definition) is 1. The van der Waals surface area contributed by atoms with Gasteiger partial charge in [-0.15, -0.1) is 0 Å². The fourth-order valence-corrected chi connectivity index (χ4v) is 7.58. The molecule has 3 nitrogen and oxygen atoms in total. The maximum Gasteiger partial charge on any atom is 0.166 e. The molecule has 4 fully saturated rings. The van der Waals surface area contributed by atoms with E-state index in [1.165, 1.54) is 44.1 Å². The van der Waals surface area contributed by atoms with Gasteiger partial charge in [-0.05, 0) is 74.3 Å². The Labute approximate surface area is 166 Å². The minimum absolute atomic E-state index is 0.287. The fraction of sp³-hybridized carbons (Fsp3) is 0.727. The van der Waals surface area contributed by atoms with Gasteiger partial charge in [0.25, 0.3) is 0 Å². The van der Waals surface area contributed by atoms with Gasteiger partial charge in [0.2, 0.25) is 0 Å². The molecular weight excluding hydrogens is 390 g/mol. The highest BCUT2D eigenvalue weighted by molar-refractivity contribution is 9.10. The van der Waals surface area contributed by atoms with Crippen LogP contribution in [0.5, 0.6) is 11.5 Å². The standard InChI is InChI=1S/C22H32BrNO2/c1-5-26-19-16(17(23)6-7-18(19)25-4)11-24-22-10-15-8-20(2,13-22)12-21(3,9-15)14-22/h6-7,15,24H,5,8-14H2,1-4H3. The minimum atomic E-state index is 0.287. The van der Waals surface area contributed by atoms with E-state index in [-0.39, 0.29) is 5.54 Å². The van der Waals surface area contributed by atoms with E-state index in [0.717, 1.165) is 28.4 Å². The van der Waals surface area contributed by atoms with Crippen LogP contribution >= 0.6 is 15.9 Å². The first-order chi connectivity index (χ1) is 12.3. The number of benzene rings is 1. The summed E-state index contributed by atoms with van der Waals surface area (Å²) in [7, 11) is 1.71. The lowest BCUT2D eigenvalue weighted by Crippen LogP contribution is -2.63. The molecule has 0 aromatic heterocycles. The maximum absolute atomic E-state index is 5.96. The summed E-state index contributed by atoms with van der Waals surface area (Å²) in [5.41, 5.74) is 2.51. The zero-order valence-electron chi connectivity index (χ0n) is 16.6. The van der Waals surface area contributed by atoms with Gasteiger partial charge >= 0.3 is 0 Å². The Bertz CT molecular complexity index is 686. The summed E-state index contributed by atoms with van der Waals surface area (Å²) in [5.74, 6) is 2.59. The fourth-order valence-electron chi connectivity index (χ4n) is 7.13. The number of nitrogens with one attached hydrogen (secondary N) is 1. The summed E-state index contributed by atoms with van der Waals surface area (Å²) >= 11 is 3.74. The molecule has 0 heterocycles. The quantitative estimate of drug-likeness (QED) is 0.639. The molecule has 5 rings (SSSR count). The Hall–Kier alpha value is -0.740. The first kappa shape index (κ1) is 18.6. The molecule has 1 N–H and O–H groups in total. The van der Waals surface area contributed by atoms with Crippen LogP contribution in [0, 0.1) is 16.7 Å². The van der Waals surface area contributed by atoms with Crippen LogP contribution in [0.3, 0.4) is 0 Å². The van der Waals surface area contributed by atoms with Gasteiger partial charge in [-0.3, -0.25) is 0 Å². The highest BCUT2D eigenvalue weighted by atomic mass is 79.9. The van der Waals surface area contributed by atoms with Crippen molar-refractivity contribution in [3.63, 3.8) is 0 Å². The zero-order valence-corrected chi connectivity index (χ0v) is 18.2. The van der Waals surface area contributed by atoms with Crippen molar-refractivity contribution in [2.75, 3.05) is 13.7 Å². The first-order valence-electron chi connectivity index (χ1n) is 10.0. The molecule has 144 valence electrons. The van der Waals surface area contributed by atoms with Crippen molar-refractivity contribution in [2.24, 2.45) is 16.7 Å². The Kier molecular flexibility index (Phi) is 4.59. The van der Waals surface area contributed by atoms with Crippen LogP contribution in [-0.4, -0.2) is 19.3 Å². The third-order valence-corrected chi connectivity index (χ3v) is 7.69. The molecule has 2 unspecified atom stereocenters. The molecule has 0 radical (unpaired) electrons. The molecule has 4 saturated carbocycles. The summed E-state index contributed by atoms with van der Waals surface area (Å²) in [6.45, 7) is 8.55. The Balaban J connectivity index is 1.60. The lowest BCUT2D eigenvalue weighted by Gasteiger charge is -2.65. The van der Waals surface area contributed by atoms with Crippen molar-refractivity contribution < 1.29 is 9.47 Å². The largest absolute Gasteiger partial charge is 0.493 e. The number of halogens is 1. The van der Waals surface area contributed by atoms with Crippen molar-refractivity contribution in [3.8, 4) is 11.5 Å². The van der Waals surface area contributed by atoms with Gasteiger partial charge in [-0.2, -0.15) is 0 Å². The van der Waals surface area contributed by atoms with Crippen molar-refractivity contribution in [1.29, 1.82) is 0 Å². The smallest absolute Gasteiger partial charge is 0.166 e. The average molecular weight is 422 g/mol. The van der Waals surface area contributed by atoms with Crippen LogP contribution in [0.2, 0.25) is 0 Å². The van der Waals surface area contributed by atoms with Gasteiger partial charge in [-0.1, -0.05) is 29.8 Å². The predicted octanol–water partition coefficient (Wildman–Crippen LogP) is 5.70. The van der Waals surface area contributed by atoms with Gasteiger partial charge in [-0.25, -0.2) is 0 Å². The molecule has 0 spiro atoms. The summed E-state index contributed by atoms with van der Waals surface area (Å²) in [6, 6.07) is 4.05. The van der Waals surface area contributed by atoms with E-state index < -0.39 is 0 Å². The van der Waals surface area contributed by atoms with Crippen molar-refractivity contribution >= 4 is 15.9 Å². The molecule has 26 heavy (non-hydrogen) atoms. The van der Waals surface area contributed by atoms with E-state index in [2.05, 4.69) is 41.2 Å². The van der Waals surface area contributed by atoms with Crippen LogP contribution < -0.4 is 14.8 Å². The molecule has 0 amide bonds. The number of methoxy groups -OCH3 is 1. The van der Waals surface area contributed by atoms with E-state index >= 15 is 0 Å². The van der Waals surface area contributed by atoms with Crippen molar-refractivity contribution in [2.45, 2.75) is 71.4 Å². The van der Waals surface area contributed by atoms with Crippen LogP contribution in [0.4, 0.5) is 0 Å². The summed E-state index contributed by atoms with van der Waals surface area (Å²) in [4.78, 5) is 0. The van der Waals surface area contributed by atoms with Crippen LogP contribution in [-0.2, 0) is 6.54 Å². The SMILES string of the molecule is CCOc1c(OC)ccc(Br)c1CNC12CC3CC(C)(CC(C)(C3)C1)C2. The predicted molar refractivity (Wildman–Crippen MR) is 109 cm³/mol. The Morgan fingerprint density at radius 2 is 1.81 bits per heavy atom. The van der Waals surface area contributed by atoms with Gasteiger partial charge < -0.3 is 14.8 Å². The minimum Gasteiger partial charge on any atom is -0.493 e. The first-order valence-corrected chi connectivity index (χ1v) is 10.8. The maximum atomic E-state index is 5.96. The van der Waals surface area contributed by atoms with Crippen LogP contribution in [0.25, 0.3) is 0 Å². The van der Waals surface area contributed by atoms with E-state index in [4.69, 9.17) is 9.47 Å². The van der Waals surface area contributed by atoms with E-state index in [1.54, 1.807) is 7.11 Å². The van der Waals surface area contributed by atoms with E-state index in [0.29, 0.717) is 17.4 Å². The summed E-state index contributed by atoms with van der Waals surface area (Å²) < 4.78 is 12.6. The van der Waals surface area contributed by atoms with E-state index in [1.807, 2.05) is 13.0 Å². The summed E-state index contributed by atoms with van der Waals surface area (Å²) in [5, 5.41) is 4.02. The monoisotopic (exact) mass is 421 g/mol. The third-order valence-electron chi connectivity index (χ3n) is 6.94. The molecule has 0 saturated heterocycles. The topological polar surface area (TPSA) is 30.5 Å². The van der Waals surface area contributed by atoms with Gasteiger partial charge in [0.15, 0.2) is 11.5 Å². The molecule has 0 aliphatic heterocycles. The third kappa shape index (κ3) is 3.17. The zero-order chi connectivity index (χ0) is 18.6. The van der Waals surface area contributed by atoms with Crippen molar-refractivity contribution in [3.05, 3.63) is 22.2 Å². The second kappa shape index (κ2) is 6.41. The Morgan fingerprint density at radius 3 is 2.38 bits per heavy atom.